The summed E-state index contributed by atoms with van der Waals surface area (Å²) in [6.45, 7) is 0. The Morgan fingerprint density at radius 2 is 1.80 bits per heavy atom. The second kappa shape index (κ2) is 4.73. The van der Waals surface area contributed by atoms with Gasteiger partial charge < -0.3 is 5.73 Å². The van der Waals surface area contributed by atoms with Crippen molar-refractivity contribution in [1.82, 2.24) is 10.2 Å². The number of sulfonamides is 1. The number of aromatic nitrogens is 2. The molecule has 0 radical (unpaired) electrons. The van der Waals surface area contributed by atoms with E-state index in [0.717, 1.165) is 22.1 Å². The molecular weight excluding hydrogens is 296 g/mol. The lowest BCUT2D eigenvalue weighted by atomic mass is 10.1. The summed E-state index contributed by atoms with van der Waals surface area (Å²) in [7, 11) is -3.77. The van der Waals surface area contributed by atoms with E-state index in [4.69, 9.17) is 5.73 Å². The van der Waals surface area contributed by atoms with Crippen molar-refractivity contribution in [2.24, 2.45) is 0 Å². The number of nitrogen functional groups attached to an aromatic ring is 1. The summed E-state index contributed by atoms with van der Waals surface area (Å²) in [5.74, 6) is 0. The summed E-state index contributed by atoms with van der Waals surface area (Å²) < 4.78 is 26.8. The lowest BCUT2D eigenvalue weighted by Crippen LogP contribution is -2.13. The van der Waals surface area contributed by atoms with Crippen molar-refractivity contribution in [1.29, 1.82) is 0 Å². The van der Waals surface area contributed by atoms with Crippen LogP contribution in [-0.4, -0.2) is 18.6 Å². The topological polar surface area (TPSA) is 98.0 Å². The molecule has 0 saturated carbocycles. The molecule has 0 aliphatic rings. The van der Waals surface area contributed by atoms with E-state index >= 15 is 0 Å². The number of nitrogens with zero attached hydrogens (tertiary/aromatic N) is 2. The van der Waals surface area contributed by atoms with Crippen LogP contribution < -0.4 is 10.5 Å². The van der Waals surface area contributed by atoms with Crippen molar-refractivity contribution >= 4 is 43.0 Å². The van der Waals surface area contributed by atoms with Gasteiger partial charge in [0.25, 0.3) is 14.4 Å². The molecule has 1 heterocycles. The predicted molar refractivity (Wildman–Crippen MR) is 79.1 cm³/mol. The molecule has 1 aromatic heterocycles. The summed E-state index contributed by atoms with van der Waals surface area (Å²) in [6.07, 6.45) is 0. The second-order valence-electron chi connectivity index (χ2n) is 4.04. The van der Waals surface area contributed by atoms with Gasteiger partial charge in [-0.25, -0.2) is 0 Å². The van der Waals surface area contributed by atoms with Crippen LogP contribution >= 0.6 is 11.3 Å². The number of benzene rings is 2. The maximum atomic E-state index is 12.2. The number of fused-ring (bicyclic) bond motifs is 1. The van der Waals surface area contributed by atoms with Gasteiger partial charge in [0.2, 0.25) is 5.13 Å². The predicted octanol–water partition coefficient (Wildman–Crippen LogP) is 2.07. The fraction of sp³-hybridized carbons (Fsp3) is 0. The Bertz CT molecular complexity index is 869. The van der Waals surface area contributed by atoms with Crippen LogP contribution in [0.2, 0.25) is 0 Å². The first kappa shape index (κ1) is 12.8. The van der Waals surface area contributed by atoms with Gasteiger partial charge in [-0.05, 0) is 11.5 Å². The summed E-state index contributed by atoms with van der Waals surface area (Å²) in [4.78, 5) is 0. The van der Waals surface area contributed by atoms with Gasteiger partial charge in [0, 0.05) is 5.39 Å². The number of anilines is 2. The highest BCUT2D eigenvalue weighted by atomic mass is 32.2. The van der Waals surface area contributed by atoms with Crippen molar-refractivity contribution in [3.63, 3.8) is 0 Å². The fourth-order valence-electron chi connectivity index (χ4n) is 1.83. The highest BCUT2D eigenvalue weighted by molar-refractivity contribution is 7.94. The van der Waals surface area contributed by atoms with E-state index < -0.39 is 10.0 Å². The van der Waals surface area contributed by atoms with E-state index in [9.17, 15) is 8.42 Å². The van der Waals surface area contributed by atoms with E-state index in [1.165, 1.54) is 0 Å². The molecule has 0 spiro atoms. The zero-order valence-electron chi connectivity index (χ0n) is 10.1. The highest BCUT2D eigenvalue weighted by Gasteiger charge is 2.20. The Balaban J connectivity index is 2.05. The quantitative estimate of drug-likeness (QED) is 0.772. The molecule has 3 rings (SSSR count). The lowest BCUT2D eigenvalue weighted by molar-refractivity contribution is 0.599. The molecule has 0 atom stereocenters. The molecule has 0 fully saturated rings. The zero-order chi connectivity index (χ0) is 14.2. The minimum atomic E-state index is -3.77. The molecule has 0 aliphatic carbocycles. The van der Waals surface area contributed by atoms with E-state index in [1.807, 2.05) is 30.3 Å². The Morgan fingerprint density at radius 3 is 2.55 bits per heavy atom. The molecule has 8 heteroatoms. The number of nitrogens with two attached hydrogens (primary N) is 1. The Kier molecular flexibility index (Phi) is 3.03. The van der Waals surface area contributed by atoms with Gasteiger partial charge >= 0.3 is 0 Å². The van der Waals surface area contributed by atoms with Gasteiger partial charge in [-0.15, -0.1) is 10.2 Å². The molecule has 0 unspecified atom stereocenters. The molecule has 3 aromatic rings. The number of hydrogen-bond donors (Lipinski definition) is 2. The zero-order valence-corrected chi connectivity index (χ0v) is 11.8. The van der Waals surface area contributed by atoms with Crippen molar-refractivity contribution in [3.05, 3.63) is 42.5 Å². The van der Waals surface area contributed by atoms with Crippen LogP contribution in [0.4, 0.5) is 10.8 Å². The average molecular weight is 306 g/mol. The van der Waals surface area contributed by atoms with Crippen molar-refractivity contribution in [2.45, 2.75) is 4.34 Å². The lowest BCUT2D eigenvalue weighted by Gasteiger charge is -2.08. The van der Waals surface area contributed by atoms with Gasteiger partial charge in [-0.2, -0.15) is 8.42 Å². The smallest absolute Gasteiger partial charge is 0.291 e. The van der Waals surface area contributed by atoms with E-state index in [-0.39, 0.29) is 9.47 Å². The van der Waals surface area contributed by atoms with Crippen LogP contribution in [0, 0.1) is 0 Å². The summed E-state index contributed by atoms with van der Waals surface area (Å²) in [6, 6.07) is 12.9. The molecule has 3 N–H and O–H groups in total. The molecular formula is C12H10N4O2S2. The van der Waals surface area contributed by atoms with Gasteiger partial charge in [0.15, 0.2) is 0 Å². The summed E-state index contributed by atoms with van der Waals surface area (Å²) in [5.41, 5.74) is 5.91. The van der Waals surface area contributed by atoms with Crippen molar-refractivity contribution < 1.29 is 8.42 Å². The van der Waals surface area contributed by atoms with Crippen LogP contribution in [0.15, 0.2) is 46.8 Å². The molecule has 6 nitrogen and oxygen atoms in total. The third-order valence-corrected chi connectivity index (χ3v) is 5.17. The van der Waals surface area contributed by atoms with Crippen LogP contribution in [0.5, 0.6) is 0 Å². The molecule has 0 saturated heterocycles. The standard InChI is InChI=1S/C12H10N4O2S2/c13-11-14-15-12(19-11)20(17,18)16-10-7-3-5-8-4-1-2-6-9(8)10/h1-7,16H,(H2,13,14). The number of rotatable bonds is 3. The highest BCUT2D eigenvalue weighted by Crippen LogP contribution is 2.26. The normalized spacial score (nSPS) is 11.6. The molecule has 2 aromatic carbocycles. The maximum absolute atomic E-state index is 12.2. The minimum absolute atomic E-state index is 0.114. The number of nitrogens with one attached hydrogen (secondary N) is 1. The van der Waals surface area contributed by atoms with Crippen LogP contribution in [-0.2, 0) is 10.0 Å². The number of hydrogen-bond acceptors (Lipinski definition) is 6. The summed E-state index contributed by atoms with van der Waals surface area (Å²) in [5, 5.41) is 8.95. The molecule has 0 aliphatic heterocycles. The van der Waals surface area contributed by atoms with Crippen molar-refractivity contribution in [3.8, 4) is 0 Å². The second-order valence-corrected chi connectivity index (χ2v) is 6.90. The molecule has 0 bridgehead atoms. The van der Waals surface area contributed by atoms with Crippen LogP contribution in [0.3, 0.4) is 0 Å². The van der Waals surface area contributed by atoms with Gasteiger partial charge in [-0.3, -0.25) is 4.72 Å². The Labute approximate surface area is 119 Å². The first-order chi connectivity index (χ1) is 9.56. The average Bonchev–Trinajstić information content (AvgIpc) is 2.86. The maximum Gasteiger partial charge on any atom is 0.291 e. The largest absolute Gasteiger partial charge is 0.374 e. The van der Waals surface area contributed by atoms with Crippen molar-refractivity contribution in [2.75, 3.05) is 10.5 Å². The van der Waals surface area contributed by atoms with E-state index in [1.54, 1.807) is 12.1 Å². The Morgan fingerprint density at radius 1 is 1.05 bits per heavy atom. The van der Waals surface area contributed by atoms with Gasteiger partial charge in [0.05, 0.1) is 5.69 Å². The van der Waals surface area contributed by atoms with E-state index in [2.05, 4.69) is 14.9 Å². The van der Waals surface area contributed by atoms with Crippen LogP contribution in [0.25, 0.3) is 10.8 Å². The first-order valence-electron chi connectivity index (χ1n) is 5.66. The fourth-order valence-corrected chi connectivity index (χ4v) is 3.70. The first-order valence-corrected chi connectivity index (χ1v) is 7.96. The third kappa shape index (κ3) is 2.30. The van der Waals surface area contributed by atoms with E-state index in [0.29, 0.717) is 5.69 Å². The minimum Gasteiger partial charge on any atom is -0.374 e. The summed E-state index contributed by atoms with van der Waals surface area (Å²) >= 11 is 0.824. The molecule has 102 valence electrons. The third-order valence-electron chi connectivity index (χ3n) is 2.69. The van der Waals surface area contributed by atoms with Gasteiger partial charge in [0.1, 0.15) is 0 Å². The molecule has 0 amide bonds. The van der Waals surface area contributed by atoms with Gasteiger partial charge in [-0.1, -0.05) is 47.7 Å². The SMILES string of the molecule is Nc1nnc(S(=O)(=O)Nc2cccc3ccccc23)s1. The Hall–Kier alpha value is -2.19. The van der Waals surface area contributed by atoms with Crippen LogP contribution in [0.1, 0.15) is 0 Å². The monoisotopic (exact) mass is 306 g/mol. The molecule has 20 heavy (non-hydrogen) atoms.